The Bertz CT molecular complexity index is 1130. The molecule has 0 fully saturated rings. The van der Waals surface area contributed by atoms with Gasteiger partial charge in [-0.1, -0.05) is 30.3 Å². The first-order chi connectivity index (χ1) is 15.4. The molecule has 3 aromatic rings. The third-order valence-electron chi connectivity index (χ3n) is 5.07. The van der Waals surface area contributed by atoms with Gasteiger partial charge in [-0.2, -0.15) is 0 Å². The first-order valence-electron chi connectivity index (χ1n) is 9.78. The molecule has 0 atom stereocenters. The molecular formula is C24H24N2O6. The van der Waals surface area contributed by atoms with Gasteiger partial charge in [-0.25, -0.2) is 0 Å². The predicted octanol–water partition coefficient (Wildman–Crippen LogP) is 4.49. The zero-order valence-corrected chi connectivity index (χ0v) is 18.3. The molecule has 0 unspecified atom stereocenters. The Morgan fingerprint density at radius 1 is 0.906 bits per heavy atom. The van der Waals surface area contributed by atoms with Crippen molar-refractivity contribution >= 4 is 17.2 Å². The van der Waals surface area contributed by atoms with Crippen LogP contribution >= 0.6 is 0 Å². The first-order valence-corrected chi connectivity index (χ1v) is 9.78. The zero-order valence-electron chi connectivity index (χ0n) is 18.3. The van der Waals surface area contributed by atoms with Crippen LogP contribution in [0.3, 0.4) is 0 Å². The lowest BCUT2D eigenvalue weighted by Gasteiger charge is -2.22. The van der Waals surface area contributed by atoms with Crippen LogP contribution in [0.4, 0.5) is 11.4 Å². The van der Waals surface area contributed by atoms with Gasteiger partial charge in [-0.3, -0.25) is 14.9 Å². The number of carbonyl (C=O) groups excluding carboxylic acids is 1. The number of ether oxygens (including phenoxy) is 3. The van der Waals surface area contributed by atoms with E-state index in [1.807, 2.05) is 6.07 Å². The molecule has 166 valence electrons. The molecule has 0 aliphatic heterocycles. The van der Waals surface area contributed by atoms with Crippen molar-refractivity contribution in [1.29, 1.82) is 0 Å². The minimum atomic E-state index is -0.487. The summed E-state index contributed by atoms with van der Waals surface area (Å²) >= 11 is 0. The van der Waals surface area contributed by atoms with E-state index in [1.54, 1.807) is 60.5 Å². The average Bonchev–Trinajstić information content (AvgIpc) is 2.83. The van der Waals surface area contributed by atoms with Crippen LogP contribution in [0.2, 0.25) is 0 Å². The summed E-state index contributed by atoms with van der Waals surface area (Å²) < 4.78 is 16.2. The van der Waals surface area contributed by atoms with Crippen molar-refractivity contribution < 1.29 is 23.9 Å². The van der Waals surface area contributed by atoms with Crippen molar-refractivity contribution in [1.82, 2.24) is 0 Å². The number of carbonyl (C=O) groups is 1. The topological polar surface area (TPSA) is 91.1 Å². The van der Waals surface area contributed by atoms with E-state index in [1.165, 1.54) is 27.4 Å². The van der Waals surface area contributed by atoms with Crippen LogP contribution < -0.4 is 19.1 Å². The summed E-state index contributed by atoms with van der Waals surface area (Å²) in [6.07, 6.45) is 0. The lowest BCUT2D eigenvalue weighted by Crippen LogP contribution is -2.19. The number of benzene rings is 3. The van der Waals surface area contributed by atoms with E-state index in [4.69, 9.17) is 14.2 Å². The van der Waals surface area contributed by atoms with Gasteiger partial charge in [0.2, 0.25) is 5.75 Å². The van der Waals surface area contributed by atoms with Crippen molar-refractivity contribution in [3.63, 3.8) is 0 Å². The molecule has 8 heteroatoms. The molecule has 8 nitrogen and oxygen atoms in total. The summed E-state index contributed by atoms with van der Waals surface area (Å²) in [4.78, 5) is 25.8. The number of nitro benzene ring substituents is 1. The van der Waals surface area contributed by atoms with Crippen LogP contribution in [0.15, 0.2) is 60.7 Å². The molecule has 0 saturated heterocycles. The maximum Gasteiger partial charge on any atom is 0.293 e. The maximum atomic E-state index is 12.7. The molecule has 0 saturated carbocycles. The molecule has 0 bridgehead atoms. The van der Waals surface area contributed by atoms with Crippen molar-refractivity contribution in [3.05, 3.63) is 87.5 Å². The highest BCUT2D eigenvalue weighted by Gasteiger charge is 2.23. The highest BCUT2D eigenvalue weighted by molar-refractivity contribution is 6.09. The summed E-state index contributed by atoms with van der Waals surface area (Å²) in [5.74, 6) is 1.17. The lowest BCUT2D eigenvalue weighted by molar-refractivity contribution is -0.384. The maximum absolute atomic E-state index is 12.7. The Kier molecular flexibility index (Phi) is 6.94. The Balaban J connectivity index is 1.96. The number of ketones is 1. The van der Waals surface area contributed by atoms with Gasteiger partial charge in [0.1, 0.15) is 5.69 Å². The normalized spacial score (nSPS) is 10.4. The molecule has 0 aliphatic rings. The van der Waals surface area contributed by atoms with Gasteiger partial charge < -0.3 is 19.1 Å². The minimum Gasteiger partial charge on any atom is -0.493 e. The monoisotopic (exact) mass is 436 g/mol. The van der Waals surface area contributed by atoms with E-state index in [0.29, 0.717) is 35.0 Å². The van der Waals surface area contributed by atoms with E-state index in [9.17, 15) is 14.9 Å². The van der Waals surface area contributed by atoms with Crippen LogP contribution in [0.1, 0.15) is 21.5 Å². The van der Waals surface area contributed by atoms with Crippen LogP contribution in [-0.4, -0.2) is 39.1 Å². The van der Waals surface area contributed by atoms with E-state index >= 15 is 0 Å². The van der Waals surface area contributed by atoms with E-state index < -0.39 is 4.92 Å². The third kappa shape index (κ3) is 4.49. The van der Waals surface area contributed by atoms with Gasteiger partial charge >= 0.3 is 0 Å². The van der Waals surface area contributed by atoms with E-state index in [2.05, 4.69) is 0 Å². The molecular weight excluding hydrogens is 412 g/mol. The largest absolute Gasteiger partial charge is 0.493 e. The van der Waals surface area contributed by atoms with Gasteiger partial charge in [0, 0.05) is 36.3 Å². The van der Waals surface area contributed by atoms with E-state index in [0.717, 1.165) is 5.56 Å². The Hall–Kier alpha value is -4.07. The molecule has 0 amide bonds. The Labute approximate surface area is 186 Å². The van der Waals surface area contributed by atoms with Crippen molar-refractivity contribution in [3.8, 4) is 17.2 Å². The van der Waals surface area contributed by atoms with Crippen LogP contribution in [0.25, 0.3) is 0 Å². The summed E-state index contributed by atoms with van der Waals surface area (Å²) in [5, 5.41) is 11.8. The number of nitrogens with zero attached hydrogens (tertiary/aromatic N) is 2. The molecule has 3 rings (SSSR count). The first kappa shape index (κ1) is 22.6. The van der Waals surface area contributed by atoms with Gasteiger partial charge in [0.15, 0.2) is 17.3 Å². The smallest absolute Gasteiger partial charge is 0.293 e. The number of anilines is 1. The third-order valence-corrected chi connectivity index (χ3v) is 5.07. The summed E-state index contributed by atoms with van der Waals surface area (Å²) in [6.45, 7) is 0.302. The van der Waals surface area contributed by atoms with Gasteiger partial charge in [0.25, 0.3) is 5.69 Å². The number of rotatable bonds is 9. The fourth-order valence-corrected chi connectivity index (χ4v) is 3.52. The predicted molar refractivity (Wildman–Crippen MR) is 121 cm³/mol. The molecule has 0 heterocycles. The SMILES string of the molecule is COc1ccc(CN(C)c2ccc(C(=O)c3ccccc3)cc2[N+](=O)[O-])c(OC)c1OC. The summed E-state index contributed by atoms with van der Waals surface area (Å²) in [6, 6.07) is 16.7. The standard InChI is InChI=1S/C24H24N2O6/c1-25(15-18-11-13-21(30-2)24(32-4)23(18)31-3)19-12-10-17(14-20(19)26(28)29)22(27)16-8-6-5-7-9-16/h5-14H,15H2,1-4H3. The van der Waals surface area contributed by atoms with Gasteiger partial charge in [0.05, 0.1) is 26.3 Å². The Morgan fingerprint density at radius 3 is 2.19 bits per heavy atom. The molecule has 0 N–H and O–H groups in total. The van der Waals surface area contributed by atoms with E-state index in [-0.39, 0.29) is 17.0 Å². The fraction of sp³-hybridized carbons (Fsp3) is 0.208. The number of hydrogen-bond acceptors (Lipinski definition) is 7. The second-order valence-electron chi connectivity index (χ2n) is 7.01. The molecule has 3 aromatic carbocycles. The van der Waals surface area contributed by atoms with Crippen molar-refractivity contribution in [2.45, 2.75) is 6.54 Å². The van der Waals surface area contributed by atoms with Crippen molar-refractivity contribution in [2.75, 3.05) is 33.3 Å². The second-order valence-corrected chi connectivity index (χ2v) is 7.01. The fourth-order valence-electron chi connectivity index (χ4n) is 3.52. The van der Waals surface area contributed by atoms with Crippen LogP contribution in [0, 0.1) is 10.1 Å². The summed E-state index contributed by atoms with van der Waals surface area (Å²) in [7, 11) is 6.30. The molecule has 0 radical (unpaired) electrons. The highest BCUT2D eigenvalue weighted by Crippen LogP contribution is 2.41. The number of methoxy groups -OCH3 is 3. The van der Waals surface area contributed by atoms with Crippen LogP contribution in [-0.2, 0) is 6.54 Å². The number of nitro groups is 1. The second kappa shape index (κ2) is 9.82. The van der Waals surface area contributed by atoms with Gasteiger partial charge in [-0.05, 0) is 24.3 Å². The minimum absolute atomic E-state index is 0.159. The lowest BCUT2D eigenvalue weighted by atomic mass is 10.0. The number of hydrogen-bond donors (Lipinski definition) is 0. The quantitative estimate of drug-likeness (QED) is 0.277. The molecule has 0 spiro atoms. The highest BCUT2D eigenvalue weighted by atomic mass is 16.6. The van der Waals surface area contributed by atoms with Crippen LogP contribution in [0.5, 0.6) is 17.2 Å². The Morgan fingerprint density at radius 2 is 1.59 bits per heavy atom. The molecule has 0 aliphatic carbocycles. The zero-order chi connectivity index (χ0) is 23.3. The van der Waals surface area contributed by atoms with Crippen molar-refractivity contribution in [2.24, 2.45) is 0 Å². The summed E-state index contributed by atoms with van der Waals surface area (Å²) in [5.41, 5.74) is 1.69. The molecule has 32 heavy (non-hydrogen) atoms. The molecule has 0 aromatic heterocycles. The van der Waals surface area contributed by atoms with Gasteiger partial charge in [-0.15, -0.1) is 0 Å². The average molecular weight is 436 g/mol.